The van der Waals surface area contributed by atoms with Crippen LogP contribution in [0.4, 0.5) is 0 Å². The van der Waals surface area contributed by atoms with Crippen LogP contribution in [0.5, 0.6) is 0 Å². The first kappa shape index (κ1) is 15.8. The van der Waals surface area contributed by atoms with Gasteiger partial charge in [0, 0.05) is 12.6 Å². The molecule has 1 heterocycles. The molecular weight excluding hydrogens is 250 g/mol. The molecule has 1 saturated carbocycles. The van der Waals surface area contributed by atoms with Crippen molar-refractivity contribution in [2.24, 2.45) is 17.8 Å². The molecule has 0 aromatic carbocycles. The SMILES string of the molecule is CCCC1CCC(C(=O)O)C(N2CCC(CCC)C2)C1. The summed E-state index contributed by atoms with van der Waals surface area (Å²) < 4.78 is 0. The van der Waals surface area contributed by atoms with Crippen molar-refractivity contribution < 1.29 is 9.90 Å². The fraction of sp³-hybridized carbons (Fsp3) is 0.941. The monoisotopic (exact) mass is 281 g/mol. The van der Waals surface area contributed by atoms with Crippen molar-refractivity contribution >= 4 is 5.97 Å². The Bertz CT molecular complexity index is 318. The van der Waals surface area contributed by atoms with Crippen LogP contribution in [0.2, 0.25) is 0 Å². The number of likely N-dealkylation sites (tertiary alicyclic amines) is 1. The Balaban J connectivity index is 1.98. The van der Waals surface area contributed by atoms with Crippen molar-refractivity contribution in [3.63, 3.8) is 0 Å². The normalized spacial score (nSPS) is 35.3. The van der Waals surface area contributed by atoms with E-state index in [1.165, 1.54) is 32.1 Å². The van der Waals surface area contributed by atoms with Crippen LogP contribution in [-0.2, 0) is 4.79 Å². The molecule has 1 saturated heterocycles. The van der Waals surface area contributed by atoms with Crippen LogP contribution < -0.4 is 0 Å². The fourth-order valence-corrected chi connectivity index (χ4v) is 4.40. The number of rotatable bonds is 6. The topological polar surface area (TPSA) is 40.5 Å². The second-order valence-electron chi connectivity index (χ2n) is 6.92. The number of hydrogen-bond donors (Lipinski definition) is 1. The quantitative estimate of drug-likeness (QED) is 0.805. The summed E-state index contributed by atoms with van der Waals surface area (Å²) in [6, 6.07) is 0.305. The van der Waals surface area contributed by atoms with Crippen LogP contribution in [0, 0.1) is 17.8 Å². The maximum absolute atomic E-state index is 11.6. The molecule has 2 fully saturated rings. The zero-order valence-electron chi connectivity index (χ0n) is 13.2. The molecule has 2 rings (SSSR count). The predicted molar refractivity (Wildman–Crippen MR) is 81.8 cm³/mol. The molecule has 2 aliphatic rings. The van der Waals surface area contributed by atoms with E-state index in [9.17, 15) is 9.90 Å². The van der Waals surface area contributed by atoms with E-state index in [1.54, 1.807) is 0 Å². The zero-order valence-corrected chi connectivity index (χ0v) is 13.2. The van der Waals surface area contributed by atoms with Crippen LogP contribution in [-0.4, -0.2) is 35.1 Å². The fourth-order valence-electron chi connectivity index (χ4n) is 4.40. The van der Waals surface area contributed by atoms with Crippen LogP contribution in [0.25, 0.3) is 0 Å². The van der Waals surface area contributed by atoms with Crippen LogP contribution in [0.3, 0.4) is 0 Å². The van der Waals surface area contributed by atoms with Gasteiger partial charge in [-0.15, -0.1) is 0 Å². The van der Waals surface area contributed by atoms with E-state index in [2.05, 4.69) is 18.7 Å². The van der Waals surface area contributed by atoms with Crippen molar-refractivity contribution in [1.82, 2.24) is 4.90 Å². The molecule has 116 valence electrons. The lowest BCUT2D eigenvalue weighted by Gasteiger charge is -2.39. The molecule has 0 spiro atoms. The van der Waals surface area contributed by atoms with Crippen LogP contribution in [0.1, 0.15) is 65.2 Å². The summed E-state index contributed by atoms with van der Waals surface area (Å²) >= 11 is 0. The van der Waals surface area contributed by atoms with Gasteiger partial charge in [-0.3, -0.25) is 9.69 Å². The highest BCUT2D eigenvalue weighted by Crippen LogP contribution is 2.37. The average molecular weight is 281 g/mol. The lowest BCUT2D eigenvalue weighted by molar-refractivity contribution is -0.146. The zero-order chi connectivity index (χ0) is 14.5. The Labute approximate surface area is 123 Å². The number of nitrogens with zero attached hydrogens (tertiary/aromatic N) is 1. The Morgan fingerprint density at radius 2 is 1.80 bits per heavy atom. The molecule has 0 aromatic rings. The summed E-state index contributed by atoms with van der Waals surface area (Å²) in [5.74, 6) is 0.874. The summed E-state index contributed by atoms with van der Waals surface area (Å²) in [5.41, 5.74) is 0. The van der Waals surface area contributed by atoms with Gasteiger partial charge in [-0.05, 0) is 50.5 Å². The molecular formula is C17H31NO2. The highest BCUT2D eigenvalue weighted by molar-refractivity contribution is 5.71. The van der Waals surface area contributed by atoms with Gasteiger partial charge in [0.1, 0.15) is 0 Å². The number of carbonyl (C=O) groups is 1. The van der Waals surface area contributed by atoms with Crippen molar-refractivity contribution in [2.75, 3.05) is 13.1 Å². The van der Waals surface area contributed by atoms with Crippen molar-refractivity contribution in [3.05, 3.63) is 0 Å². The molecule has 1 N–H and O–H groups in total. The van der Waals surface area contributed by atoms with E-state index >= 15 is 0 Å². The molecule has 0 bridgehead atoms. The maximum atomic E-state index is 11.6. The largest absolute Gasteiger partial charge is 0.481 e. The van der Waals surface area contributed by atoms with Crippen LogP contribution in [0.15, 0.2) is 0 Å². The smallest absolute Gasteiger partial charge is 0.308 e. The van der Waals surface area contributed by atoms with E-state index in [1.807, 2.05) is 0 Å². The lowest BCUT2D eigenvalue weighted by Crippen LogP contribution is -2.46. The molecule has 3 heteroatoms. The Kier molecular flexibility index (Phi) is 5.88. The number of carboxylic acid groups (broad SMARTS) is 1. The van der Waals surface area contributed by atoms with E-state index in [4.69, 9.17) is 0 Å². The second kappa shape index (κ2) is 7.44. The van der Waals surface area contributed by atoms with Gasteiger partial charge in [0.2, 0.25) is 0 Å². The summed E-state index contributed by atoms with van der Waals surface area (Å²) in [7, 11) is 0. The van der Waals surface area contributed by atoms with Crippen LogP contribution >= 0.6 is 0 Å². The van der Waals surface area contributed by atoms with Gasteiger partial charge in [-0.2, -0.15) is 0 Å². The molecule has 0 amide bonds. The molecule has 1 aliphatic carbocycles. The Morgan fingerprint density at radius 1 is 1.10 bits per heavy atom. The molecule has 4 atom stereocenters. The molecule has 4 unspecified atom stereocenters. The van der Waals surface area contributed by atoms with Gasteiger partial charge in [0.15, 0.2) is 0 Å². The van der Waals surface area contributed by atoms with Gasteiger partial charge in [0.25, 0.3) is 0 Å². The van der Waals surface area contributed by atoms with Gasteiger partial charge >= 0.3 is 5.97 Å². The Hall–Kier alpha value is -0.570. The lowest BCUT2D eigenvalue weighted by atomic mass is 9.76. The molecule has 0 aromatic heterocycles. The minimum absolute atomic E-state index is 0.122. The van der Waals surface area contributed by atoms with Gasteiger partial charge < -0.3 is 5.11 Å². The molecule has 0 radical (unpaired) electrons. The van der Waals surface area contributed by atoms with E-state index < -0.39 is 5.97 Å². The maximum Gasteiger partial charge on any atom is 0.308 e. The summed E-state index contributed by atoms with van der Waals surface area (Å²) in [6.07, 6.45) is 9.46. The third-order valence-corrected chi connectivity index (χ3v) is 5.42. The standard InChI is InChI=1S/C17H31NO2/c1-3-5-13-7-8-15(17(19)20)16(11-13)18-10-9-14(12-18)6-4-2/h13-16H,3-12H2,1-2H3,(H,19,20). The van der Waals surface area contributed by atoms with Crippen molar-refractivity contribution in [3.8, 4) is 0 Å². The van der Waals surface area contributed by atoms with Gasteiger partial charge in [-0.25, -0.2) is 0 Å². The number of hydrogen-bond acceptors (Lipinski definition) is 2. The predicted octanol–water partition coefficient (Wildman–Crippen LogP) is 3.78. The highest BCUT2D eigenvalue weighted by Gasteiger charge is 2.40. The second-order valence-corrected chi connectivity index (χ2v) is 6.92. The first-order valence-corrected chi connectivity index (χ1v) is 8.62. The summed E-state index contributed by atoms with van der Waals surface area (Å²) in [6.45, 7) is 6.76. The van der Waals surface area contributed by atoms with Crippen molar-refractivity contribution in [2.45, 2.75) is 71.3 Å². The Morgan fingerprint density at radius 3 is 2.45 bits per heavy atom. The first-order chi connectivity index (χ1) is 9.65. The minimum Gasteiger partial charge on any atom is -0.481 e. The number of aliphatic carboxylic acids is 1. The van der Waals surface area contributed by atoms with E-state index in [-0.39, 0.29) is 5.92 Å². The minimum atomic E-state index is -0.566. The third-order valence-electron chi connectivity index (χ3n) is 5.42. The highest BCUT2D eigenvalue weighted by atomic mass is 16.4. The van der Waals surface area contributed by atoms with Crippen molar-refractivity contribution in [1.29, 1.82) is 0 Å². The average Bonchev–Trinajstić information content (AvgIpc) is 2.88. The summed E-state index contributed by atoms with van der Waals surface area (Å²) in [5, 5.41) is 9.53. The molecule has 1 aliphatic heterocycles. The van der Waals surface area contributed by atoms with Gasteiger partial charge in [-0.1, -0.05) is 33.1 Å². The number of carboxylic acids is 1. The summed E-state index contributed by atoms with van der Waals surface area (Å²) in [4.78, 5) is 14.1. The third kappa shape index (κ3) is 3.75. The van der Waals surface area contributed by atoms with E-state index in [0.29, 0.717) is 6.04 Å². The van der Waals surface area contributed by atoms with E-state index in [0.717, 1.165) is 44.2 Å². The molecule has 20 heavy (non-hydrogen) atoms. The first-order valence-electron chi connectivity index (χ1n) is 8.62. The van der Waals surface area contributed by atoms with Gasteiger partial charge in [0.05, 0.1) is 5.92 Å². The molecule has 3 nitrogen and oxygen atoms in total.